The summed E-state index contributed by atoms with van der Waals surface area (Å²) in [4.78, 5) is 1.15. The first-order valence-corrected chi connectivity index (χ1v) is 4.48. The fourth-order valence-corrected chi connectivity index (χ4v) is 1.83. The normalized spacial score (nSPS) is 32.8. The predicted octanol–water partition coefficient (Wildman–Crippen LogP) is 2.73. The van der Waals surface area contributed by atoms with Gasteiger partial charge in [-0.1, -0.05) is 24.4 Å². The quantitative estimate of drug-likeness (QED) is 0.521. The molecule has 0 amide bonds. The lowest BCUT2D eigenvalue weighted by Gasteiger charge is -2.15. The molecule has 0 aromatic carbocycles. The van der Waals surface area contributed by atoms with Crippen molar-refractivity contribution in [2.24, 2.45) is 11.8 Å². The molecule has 0 radical (unpaired) electrons. The van der Waals surface area contributed by atoms with Gasteiger partial charge in [0.05, 0.1) is 0 Å². The number of rotatable bonds is 1. The summed E-state index contributed by atoms with van der Waals surface area (Å²) in [6.07, 6.45) is 9.86. The van der Waals surface area contributed by atoms with Crippen LogP contribution in [0.1, 0.15) is 25.7 Å². The second-order valence-electron chi connectivity index (χ2n) is 3.37. The van der Waals surface area contributed by atoms with E-state index in [0.29, 0.717) is 0 Å². The van der Waals surface area contributed by atoms with E-state index in [2.05, 4.69) is 12.2 Å². The summed E-state index contributed by atoms with van der Waals surface area (Å²) in [5.41, 5.74) is 0. The Morgan fingerprint density at radius 2 is 2.10 bits per heavy atom. The topological polar surface area (TPSA) is 0 Å². The molecule has 0 aliphatic heterocycles. The van der Waals surface area contributed by atoms with E-state index >= 15 is 0 Å². The molecule has 54 valence electrons. The van der Waals surface area contributed by atoms with Gasteiger partial charge in [-0.3, -0.25) is 0 Å². The maximum absolute atomic E-state index is 5.08. The van der Waals surface area contributed by atoms with Crippen molar-refractivity contribution in [3.8, 4) is 0 Å². The largest absolute Gasteiger partial charge is 0.0849 e. The molecule has 0 bridgehead atoms. The van der Waals surface area contributed by atoms with Crippen molar-refractivity contribution in [1.29, 1.82) is 0 Å². The Hall–Kier alpha value is -0.170. The fraction of sp³-hybridized carbons (Fsp3) is 0.667. The van der Waals surface area contributed by atoms with Crippen molar-refractivity contribution >= 4 is 17.1 Å². The van der Waals surface area contributed by atoms with Gasteiger partial charge in [0.2, 0.25) is 0 Å². The third-order valence-electron chi connectivity index (χ3n) is 2.48. The molecule has 0 spiro atoms. The Bertz CT molecular complexity index is 177. The molecular weight excluding hydrogens is 140 g/mol. The first-order chi connectivity index (χ1) is 4.86. The van der Waals surface area contributed by atoms with Gasteiger partial charge < -0.3 is 0 Å². The summed E-state index contributed by atoms with van der Waals surface area (Å²) >= 11 is 5.08. The monoisotopic (exact) mass is 152 g/mol. The summed E-state index contributed by atoms with van der Waals surface area (Å²) in [6, 6.07) is 0. The second-order valence-corrected chi connectivity index (χ2v) is 3.89. The number of hydrogen-bond donors (Lipinski definition) is 0. The van der Waals surface area contributed by atoms with E-state index in [4.69, 9.17) is 12.2 Å². The molecule has 0 nitrogen and oxygen atoms in total. The molecule has 2 aliphatic rings. The third kappa shape index (κ3) is 1.29. The lowest BCUT2D eigenvalue weighted by molar-refractivity contribution is 0.530. The van der Waals surface area contributed by atoms with Gasteiger partial charge in [-0.05, 0) is 37.5 Å². The van der Waals surface area contributed by atoms with Crippen LogP contribution in [0.3, 0.4) is 0 Å². The minimum absolute atomic E-state index is 0.881. The van der Waals surface area contributed by atoms with Crippen molar-refractivity contribution in [3.05, 3.63) is 12.2 Å². The SMILES string of the molecule is S=C1C=CC(C2CC2)CC1. The van der Waals surface area contributed by atoms with Crippen molar-refractivity contribution < 1.29 is 0 Å². The van der Waals surface area contributed by atoms with Crippen molar-refractivity contribution in [1.82, 2.24) is 0 Å². The highest BCUT2D eigenvalue weighted by Gasteiger charge is 2.30. The van der Waals surface area contributed by atoms with Gasteiger partial charge in [0, 0.05) is 4.86 Å². The zero-order chi connectivity index (χ0) is 6.97. The van der Waals surface area contributed by atoms with Gasteiger partial charge in [-0.25, -0.2) is 0 Å². The Labute approximate surface area is 67.3 Å². The maximum Gasteiger partial charge on any atom is 0.0149 e. The molecule has 0 aromatic rings. The maximum atomic E-state index is 5.08. The van der Waals surface area contributed by atoms with Crippen LogP contribution in [-0.4, -0.2) is 4.86 Å². The number of hydrogen-bond acceptors (Lipinski definition) is 1. The van der Waals surface area contributed by atoms with Crippen LogP contribution in [0.4, 0.5) is 0 Å². The molecule has 2 rings (SSSR count). The first kappa shape index (κ1) is 6.53. The smallest absolute Gasteiger partial charge is 0.0149 e. The lowest BCUT2D eigenvalue weighted by Crippen LogP contribution is -2.07. The highest BCUT2D eigenvalue weighted by Crippen LogP contribution is 2.40. The zero-order valence-electron chi connectivity index (χ0n) is 6.05. The summed E-state index contributed by atoms with van der Waals surface area (Å²) in [5, 5.41) is 0. The van der Waals surface area contributed by atoms with Crippen molar-refractivity contribution in [2.75, 3.05) is 0 Å². The Morgan fingerprint density at radius 1 is 1.30 bits per heavy atom. The Morgan fingerprint density at radius 3 is 2.60 bits per heavy atom. The van der Waals surface area contributed by atoms with Crippen molar-refractivity contribution in [3.63, 3.8) is 0 Å². The average molecular weight is 152 g/mol. The number of allylic oxidation sites excluding steroid dienone is 2. The molecule has 0 heterocycles. The molecule has 1 atom stereocenters. The van der Waals surface area contributed by atoms with E-state index in [0.717, 1.165) is 23.1 Å². The van der Waals surface area contributed by atoms with Crippen molar-refractivity contribution in [2.45, 2.75) is 25.7 Å². The van der Waals surface area contributed by atoms with Crippen LogP contribution in [0.5, 0.6) is 0 Å². The Balaban J connectivity index is 1.99. The molecule has 0 aromatic heterocycles. The van der Waals surface area contributed by atoms with Crippen LogP contribution in [0.2, 0.25) is 0 Å². The van der Waals surface area contributed by atoms with Gasteiger partial charge in [0.15, 0.2) is 0 Å². The standard InChI is InChI=1S/C9H12S/c10-9-5-3-8(4-6-9)7-1-2-7/h3,5,7-8H,1-2,4,6H2. The van der Waals surface area contributed by atoms with E-state index in [1.165, 1.54) is 19.3 Å². The van der Waals surface area contributed by atoms with E-state index in [1.807, 2.05) is 0 Å². The van der Waals surface area contributed by atoms with Gasteiger partial charge in [0.1, 0.15) is 0 Å². The molecule has 0 N–H and O–H groups in total. The van der Waals surface area contributed by atoms with Crippen LogP contribution in [0.25, 0.3) is 0 Å². The lowest BCUT2D eigenvalue weighted by atomic mass is 9.92. The van der Waals surface area contributed by atoms with Crippen LogP contribution in [0, 0.1) is 11.8 Å². The van der Waals surface area contributed by atoms with Gasteiger partial charge in [-0.2, -0.15) is 0 Å². The molecular formula is C9H12S. The molecule has 2 aliphatic carbocycles. The molecule has 1 saturated carbocycles. The summed E-state index contributed by atoms with van der Waals surface area (Å²) in [5.74, 6) is 1.91. The van der Waals surface area contributed by atoms with Crippen LogP contribution < -0.4 is 0 Å². The predicted molar refractivity (Wildman–Crippen MR) is 47.2 cm³/mol. The molecule has 10 heavy (non-hydrogen) atoms. The molecule has 1 unspecified atom stereocenters. The summed E-state index contributed by atoms with van der Waals surface area (Å²) < 4.78 is 0. The fourth-order valence-electron chi connectivity index (χ4n) is 1.64. The average Bonchev–Trinajstić information content (AvgIpc) is 2.71. The second kappa shape index (κ2) is 2.46. The summed E-state index contributed by atoms with van der Waals surface area (Å²) in [6.45, 7) is 0. The van der Waals surface area contributed by atoms with E-state index in [-0.39, 0.29) is 0 Å². The third-order valence-corrected chi connectivity index (χ3v) is 2.82. The zero-order valence-corrected chi connectivity index (χ0v) is 6.86. The highest BCUT2D eigenvalue weighted by molar-refractivity contribution is 7.80. The molecule has 1 heteroatoms. The van der Waals surface area contributed by atoms with Gasteiger partial charge in [-0.15, -0.1) is 0 Å². The highest BCUT2D eigenvalue weighted by atomic mass is 32.1. The van der Waals surface area contributed by atoms with E-state index < -0.39 is 0 Å². The Kier molecular flexibility index (Phi) is 1.61. The van der Waals surface area contributed by atoms with Crippen LogP contribution in [0.15, 0.2) is 12.2 Å². The number of thiocarbonyl (C=S) groups is 1. The molecule has 1 fully saturated rings. The van der Waals surface area contributed by atoms with Crippen LogP contribution >= 0.6 is 12.2 Å². The van der Waals surface area contributed by atoms with Gasteiger partial charge in [0.25, 0.3) is 0 Å². The minimum atomic E-state index is 0.881. The van der Waals surface area contributed by atoms with E-state index in [1.54, 1.807) is 0 Å². The minimum Gasteiger partial charge on any atom is -0.0849 e. The first-order valence-electron chi connectivity index (χ1n) is 4.07. The van der Waals surface area contributed by atoms with E-state index in [9.17, 15) is 0 Å². The summed E-state index contributed by atoms with van der Waals surface area (Å²) in [7, 11) is 0. The van der Waals surface area contributed by atoms with Crippen LogP contribution in [-0.2, 0) is 0 Å². The van der Waals surface area contributed by atoms with Gasteiger partial charge >= 0.3 is 0 Å². The molecule has 0 saturated heterocycles.